The molecule has 0 aromatic carbocycles. The first-order valence-corrected chi connectivity index (χ1v) is 14.7. The highest BCUT2D eigenvalue weighted by molar-refractivity contribution is 6.74. The second kappa shape index (κ2) is 8.84. The maximum atomic E-state index is 12.0. The third-order valence-electron chi connectivity index (χ3n) is 8.02. The molecule has 2 rings (SSSR count). The fraction of sp³-hybridized carbons (Fsp3) is 0.769. The van der Waals surface area contributed by atoms with Gasteiger partial charge in [-0.15, -0.1) is 6.58 Å². The predicted octanol–water partition coefficient (Wildman–Crippen LogP) is 5.85. The molecule has 2 aliphatic rings. The Morgan fingerprint density at radius 3 is 2.34 bits per heavy atom. The zero-order chi connectivity index (χ0) is 24.8. The van der Waals surface area contributed by atoms with Gasteiger partial charge in [0.25, 0.3) is 0 Å². The first kappa shape index (κ1) is 27.0. The van der Waals surface area contributed by atoms with Crippen molar-refractivity contribution in [2.45, 2.75) is 104 Å². The van der Waals surface area contributed by atoms with Crippen molar-refractivity contribution in [2.75, 3.05) is 6.61 Å². The van der Waals surface area contributed by atoms with Crippen LogP contribution in [0.1, 0.15) is 68.2 Å². The van der Waals surface area contributed by atoms with E-state index in [2.05, 4.69) is 67.3 Å². The molecule has 0 spiro atoms. The standard InChI is InChI=1S/C26H44O5Si/c1-12-13-20-15-26(31-25(9,16-27)17-29-19(3)28)21(24(26,7)8)14-18(2)22(20)30-32(10,11)23(4,5)6/h12,15-16,18,21-22H,1,13-14,17H2,2-11H3/t18-,21-,22-,25-,26+/m0/s1. The fourth-order valence-electron chi connectivity index (χ4n) is 4.82. The van der Waals surface area contributed by atoms with Crippen molar-refractivity contribution < 1.29 is 23.5 Å². The Morgan fingerprint density at radius 1 is 1.28 bits per heavy atom. The summed E-state index contributed by atoms with van der Waals surface area (Å²) >= 11 is 0. The minimum atomic E-state index is -2.00. The lowest BCUT2D eigenvalue weighted by atomic mass is 9.89. The van der Waals surface area contributed by atoms with Gasteiger partial charge in [-0.3, -0.25) is 9.59 Å². The molecule has 0 amide bonds. The highest BCUT2D eigenvalue weighted by Gasteiger charge is 2.73. The molecule has 2 aliphatic carbocycles. The molecule has 6 heteroatoms. The van der Waals surface area contributed by atoms with E-state index in [0.29, 0.717) is 12.3 Å². The lowest BCUT2D eigenvalue weighted by Gasteiger charge is -2.42. The fourth-order valence-corrected chi connectivity index (χ4v) is 6.19. The minimum Gasteiger partial charge on any atom is -0.462 e. The molecular weight excluding hydrogens is 420 g/mol. The SMILES string of the molecule is C=CCC1=C[C@@]2(O[C@@](C)(C=O)COC(C)=O)[C@@H](C[C@H](C)[C@@H]1O[Si](C)(C)C(C)(C)C)C2(C)C. The first-order valence-electron chi connectivity index (χ1n) is 11.8. The second-order valence-electron chi connectivity index (χ2n) is 12.1. The highest BCUT2D eigenvalue weighted by Crippen LogP contribution is 2.70. The number of rotatable bonds is 9. The van der Waals surface area contributed by atoms with Crippen LogP contribution in [0.5, 0.6) is 0 Å². The van der Waals surface area contributed by atoms with Crippen LogP contribution in [0.2, 0.25) is 18.1 Å². The van der Waals surface area contributed by atoms with Crippen molar-refractivity contribution in [3.63, 3.8) is 0 Å². The molecule has 0 saturated heterocycles. The van der Waals surface area contributed by atoms with Crippen molar-refractivity contribution in [1.29, 1.82) is 0 Å². The number of fused-ring (bicyclic) bond motifs is 1. The average molecular weight is 465 g/mol. The van der Waals surface area contributed by atoms with Crippen LogP contribution in [0.25, 0.3) is 0 Å². The van der Waals surface area contributed by atoms with Crippen molar-refractivity contribution in [1.82, 2.24) is 0 Å². The molecule has 1 fully saturated rings. The Morgan fingerprint density at radius 2 is 1.88 bits per heavy atom. The van der Waals surface area contributed by atoms with Gasteiger partial charge in [0.1, 0.15) is 6.61 Å². The summed E-state index contributed by atoms with van der Waals surface area (Å²) in [5.41, 5.74) is -0.792. The Labute approximate surface area is 196 Å². The maximum absolute atomic E-state index is 12.0. The predicted molar refractivity (Wildman–Crippen MR) is 131 cm³/mol. The van der Waals surface area contributed by atoms with Crippen molar-refractivity contribution in [2.24, 2.45) is 17.3 Å². The summed E-state index contributed by atoms with van der Waals surface area (Å²) in [7, 11) is -2.00. The van der Waals surface area contributed by atoms with Gasteiger partial charge in [0.15, 0.2) is 20.2 Å². The Bertz CT molecular complexity index is 778. The van der Waals surface area contributed by atoms with E-state index in [-0.39, 0.29) is 29.1 Å². The summed E-state index contributed by atoms with van der Waals surface area (Å²) in [6, 6.07) is 0. The Kier molecular flexibility index (Phi) is 7.46. The smallest absolute Gasteiger partial charge is 0.302 e. The van der Waals surface area contributed by atoms with Gasteiger partial charge >= 0.3 is 5.97 Å². The van der Waals surface area contributed by atoms with Gasteiger partial charge in [0, 0.05) is 18.3 Å². The van der Waals surface area contributed by atoms with Gasteiger partial charge < -0.3 is 13.9 Å². The number of carbonyl (C=O) groups is 2. The first-order chi connectivity index (χ1) is 14.5. The molecule has 0 unspecified atom stereocenters. The zero-order valence-electron chi connectivity index (χ0n) is 21.8. The number of aldehydes is 1. The molecule has 0 heterocycles. The summed E-state index contributed by atoms with van der Waals surface area (Å²) in [6.45, 7) is 24.9. The van der Waals surface area contributed by atoms with Crippen LogP contribution in [-0.4, -0.2) is 44.5 Å². The number of esters is 1. The second-order valence-corrected chi connectivity index (χ2v) is 16.9. The molecule has 0 radical (unpaired) electrons. The molecule has 0 aromatic rings. The van der Waals surface area contributed by atoms with Crippen LogP contribution in [0.3, 0.4) is 0 Å². The summed E-state index contributed by atoms with van der Waals surface area (Å²) < 4.78 is 18.7. The van der Waals surface area contributed by atoms with Gasteiger partial charge in [0.05, 0.1) is 11.7 Å². The molecular formula is C26H44O5Si. The van der Waals surface area contributed by atoms with E-state index in [1.165, 1.54) is 12.5 Å². The van der Waals surface area contributed by atoms with Crippen LogP contribution >= 0.6 is 0 Å². The highest BCUT2D eigenvalue weighted by atomic mass is 28.4. The van der Waals surface area contributed by atoms with E-state index in [4.69, 9.17) is 13.9 Å². The third kappa shape index (κ3) is 4.97. The van der Waals surface area contributed by atoms with E-state index in [9.17, 15) is 9.59 Å². The van der Waals surface area contributed by atoms with E-state index < -0.39 is 25.5 Å². The molecule has 0 N–H and O–H groups in total. The van der Waals surface area contributed by atoms with Crippen LogP contribution < -0.4 is 0 Å². The zero-order valence-corrected chi connectivity index (χ0v) is 22.8. The van der Waals surface area contributed by atoms with Crippen molar-refractivity contribution in [3.8, 4) is 0 Å². The number of carbonyl (C=O) groups excluding carboxylic acids is 2. The summed E-state index contributed by atoms with van der Waals surface area (Å²) in [5.74, 6) is 0.129. The largest absolute Gasteiger partial charge is 0.462 e. The van der Waals surface area contributed by atoms with Gasteiger partial charge in [-0.2, -0.15) is 0 Å². The molecule has 0 aromatic heterocycles. The Hall–Kier alpha value is -1.24. The molecule has 0 aliphatic heterocycles. The van der Waals surface area contributed by atoms with Gasteiger partial charge in [0.2, 0.25) is 0 Å². The summed E-state index contributed by atoms with van der Waals surface area (Å²) in [4.78, 5) is 23.4. The topological polar surface area (TPSA) is 61.8 Å². The van der Waals surface area contributed by atoms with Crippen LogP contribution in [0.4, 0.5) is 0 Å². The number of allylic oxidation sites excluding steroid dienone is 1. The quantitative estimate of drug-likeness (QED) is 0.185. The van der Waals surface area contributed by atoms with Crippen LogP contribution in [0.15, 0.2) is 24.3 Å². The molecule has 1 saturated carbocycles. The lowest BCUT2D eigenvalue weighted by molar-refractivity contribution is -0.164. The number of hydrogen-bond acceptors (Lipinski definition) is 5. The van der Waals surface area contributed by atoms with Crippen molar-refractivity contribution in [3.05, 3.63) is 24.3 Å². The number of ether oxygens (including phenoxy) is 2. The summed E-state index contributed by atoms with van der Waals surface area (Å²) in [6.07, 6.45) is 6.53. The van der Waals surface area contributed by atoms with Crippen LogP contribution in [0, 0.1) is 17.3 Å². The molecule has 182 valence electrons. The van der Waals surface area contributed by atoms with Crippen molar-refractivity contribution >= 4 is 20.6 Å². The van der Waals surface area contributed by atoms with E-state index in [1.54, 1.807) is 6.92 Å². The maximum Gasteiger partial charge on any atom is 0.302 e. The van der Waals surface area contributed by atoms with Gasteiger partial charge in [-0.25, -0.2) is 0 Å². The van der Waals surface area contributed by atoms with E-state index in [0.717, 1.165) is 12.7 Å². The molecule has 5 atom stereocenters. The van der Waals surface area contributed by atoms with Gasteiger partial charge in [-0.05, 0) is 55.5 Å². The monoisotopic (exact) mass is 464 g/mol. The average Bonchev–Trinajstić information content (AvgIpc) is 3.12. The van der Waals surface area contributed by atoms with Gasteiger partial charge in [-0.1, -0.05) is 47.6 Å². The molecule has 5 nitrogen and oxygen atoms in total. The normalized spacial score (nSPS) is 31.4. The van der Waals surface area contributed by atoms with Crippen LogP contribution in [-0.2, 0) is 23.5 Å². The minimum absolute atomic E-state index is 0.00563. The van der Waals surface area contributed by atoms with E-state index in [1.807, 2.05) is 6.08 Å². The number of hydrogen-bond donors (Lipinski definition) is 0. The summed E-state index contributed by atoms with van der Waals surface area (Å²) in [5, 5.41) is 0.106. The third-order valence-corrected chi connectivity index (χ3v) is 12.5. The molecule has 32 heavy (non-hydrogen) atoms. The molecule has 0 bridgehead atoms. The van der Waals surface area contributed by atoms with E-state index >= 15 is 0 Å². The lowest BCUT2D eigenvalue weighted by Crippen LogP contribution is -2.46. The Balaban J connectivity index is 2.49.